The zero-order valence-electron chi connectivity index (χ0n) is 9.87. The normalized spacial score (nSPS) is 9.82. The average Bonchev–Trinajstić information content (AvgIpc) is 2.35. The summed E-state index contributed by atoms with van der Waals surface area (Å²) in [6.07, 6.45) is 1.22. The van der Waals surface area contributed by atoms with Gasteiger partial charge >= 0.3 is 0 Å². The quantitative estimate of drug-likeness (QED) is 0.844. The molecule has 0 aliphatic heterocycles. The molecule has 0 aliphatic rings. The molecule has 17 heavy (non-hydrogen) atoms. The van der Waals surface area contributed by atoms with Gasteiger partial charge in [0, 0.05) is 42.8 Å². The standard InChI is InChI=1S/C12H15BrN2O2/c1-14-12(17)5-6-15(2)11-7-10(13)4-3-9(11)8-16/h3-4,7-8H,5-6H2,1-2H3,(H,14,17). The fourth-order valence-corrected chi connectivity index (χ4v) is 1.81. The maximum Gasteiger partial charge on any atom is 0.221 e. The summed E-state index contributed by atoms with van der Waals surface area (Å²) in [5.74, 6) is -0.0144. The molecule has 1 amide bonds. The molecule has 1 rings (SSSR count). The number of hydrogen-bond donors (Lipinski definition) is 1. The first-order chi connectivity index (χ1) is 8.08. The van der Waals surface area contributed by atoms with E-state index in [2.05, 4.69) is 21.2 Å². The van der Waals surface area contributed by atoms with Crippen LogP contribution in [-0.4, -0.2) is 32.8 Å². The SMILES string of the molecule is CNC(=O)CCN(C)c1cc(Br)ccc1C=O. The summed E-state index contributed by atoms with van der Waals surface area (Å²) in [7, 11) is 3.47. The van der Waals surface area contributed by atoms with Gasteiger partial charge in [-0.2, -0.15) is 0 Å². The van der Waals surface area contributed by atoms with Crippen LogP contribution in [-0.2, 0) is 4.79 Å². The molecule has 0 atom stereocenters. The Morgan fingerprint density at radius 3 is 2.82 bits per heavy atom. The second kappa shape index (κ2) is 6.39. The molecule has 0 spiro atoms. The number of amides is 1. The van der Waals surface area contributed by atoms with Crippen molar-refractivity contribution in [3.8, 4) is 0 Å². The summed E-state index contributed by atoms with van der Waals surface area (Å²) in [4.78, 5) is 24.0. The molecule has 0 bridgehead atoms. The minimum atomic E-state index is -0.0144. The fraction of sp³-hybridized carbons (Fsp3) is 0.333. The van der Waals surface area contributed by atoms with E-state index in [1.165, 1.54) is 0 Å². The van der Waals surface area contributed by atoms with Crippen molar-refractivity contribution in [3.05, 3.63) is 28.2 Å². The van der Waals surface area contributed by atoms with Gasteiger partial charge in [0.25, 0.3) is 0 Å². The molecule has 0 saturated heterocycles. The first-order valence-corrected chi connectivity index (χ1v) is 6.04. The molecule has 0 aliphatic carbocycles. The van der Waals surface area contributed by atoms with Gasteiger partial charge in [-0.05, 0) is 18.2 Å². The minimum absolute atomic E-state index is 0.0144. The van der Waals surface area contributed by atoms with Crippen molar-refractivity contribution < 1.29 is 9.59 Å². The van der Waals surface area contributed by atoms with E-state index in [0.29, 0.717) is 18.5 Å². The molecule has 0 radical (unpaired) electrons. The number of benzene rings is 1. The van der Waals surface area contributed by atoms with Gasteiger partial charge in [-0.3, -0.25) is 9.59 Å². The first kappa shape index (κ1) is 13.7. The molecule has 0 saturated carbocycles. The fourth-order valence-electron chi connectivity index (χ4n) is 1.46. The maximum atomic E-state index is 11.2. The van der Waals surface area contributed by atoms with E-state index >= 15 is 0 Å². The highest BCUT2D eigenvalue weighted by Gasteiger charge is 2.09. The van der Waals surface area contributed by atoms with Crippen LogP contribution in [0, 0.1) is 0 Å². The van der Waals surface area contributed by atoms with Crippen LogP contribution < -0.4 is 10.2 Å². The van der Waals surface area contributed by atoms with Gasteiger partial charge in [-0.1, -0.05) is 15.9 Å². The topological polar surface area (TPSA) is 49.4 Å². The molecule has 0 fully saturated rings. The van der Waals surface area contributed by atoms with Crippen molar-refractivity contribution in [1.29, 1.82) is 0 Å². The third kappa shape index (κ3) is 3.85. The molecule has 0 aromatic heterocycles. The van der Waals surface area contributed by atoms with E-state index in [4.69, 9.17) is 0 Å². The average molecular weight is 299 g/mol. The van der Waals surface area contributed by atoms with E-state index in [9.17, 15) is 9.59 Å². The van der Waals surface area contributed by atoms with Crippen molar-refractivity contribution >= 4 is 33.8 Å². The highest BCUT2D eigenvalue weighted by Crippen LogP contribution is 2.23. The molecule has 1 N–H and O–H groups in total. The van der Waals surface area contributed by atoms with Crippen molar-refractivity contribution in [2.24, 2.45) is 0 Å². The summed E-state index contributed by atoms with van der Waals surface area (Å²) >= 11 is 3.37. The van der Waals surface area contributed by atoms with Crippen molar-refractivity contribution in [1.82, 2.24) is 5.32 Å². The molecule has 0 unspecified atom stereocenters. The molecule has 92 valence electrons. The molecular weight excluding hydrogens is 284 g/mol. The smallest absolute Gasteiger partial charge is 0.221 e. The lowest BCUT2D eigenvalue weighted by atomic mass is 10.2. The van der Waals surface area contributed by atoms with Gasteiger partial charge in [-0.15, -0.1) is 0 Å². The Morgan fingerprint density at radius 1 is 1.53 bits per heavy atom. The second-order valence-corrected chi connectivity index (χ2v) is 4.58. The first-order valence-electron chi connectivity index (χ1n) is 5.25. The largest absolute Gasteiger partial charge is 0.373 e. The number of hydrogen-bond acceptors (Lipinski definition) is 3. The highest BCUT2D eigenvalue weighted by atomic mass is 79.9. The number of halogens is 1. The number of anilines is 1. The van der Waals surface area contributed by atoms with E-state index in [-0.39, 0.29) is 5.91 Å². The van der Waals surface area contributed by atoms with E-state index in [1.54, 1.807) is 13.1 Å². The van der Waals surface area contributed by atoms with Crippen LogP contribution in [0.4, 0.5) is 5.69 Å². The van der Waals surface area contributed by atoms with Crippen molar-refractivity contribution in [3.63, 3.8) is 0 Å². The number of nitrogens with one attached hydrogen (secondary N) is 1. The number of carbonyl (C=O) groups is 2. The molecular formula is C12H15BrN2O2. The third-order valence-electron chi connectivity index (χ3n) is 2.48. The second-order valence-electron chi connectivity index (χ2n) is 3.67. The summed E-state index contributed by atoms with van der Waals surface area (Å²) in [6, 6.07) is 5.44. The molecule has 5 heteroatoms. The van der Waals surface area contributed by atoms with Gasteiger partial charge in [0.15, 0.2) is 6.29 Å². The zero-order chi connectivity index (χ0) is 12.8. The molecule has 1 aromatic carbocycles. The Bertz CT molecular complexity index is 421. The van der Waals surface area contributed by atoms with Crippen LogP contribution in [0.1, 0.15) is 16.8 Å². The lowest BCUT2D eigenvalue weighted by Crippen LogP contribution is -2.26. The Kier molecular flexibility index (Phi) is 5.15. The summed E-state index contributed by atoms with van der Waals surface area (Å²) in [6.45, 7) is 0.566. The highest BCUT2D eigenvalue weighted by molar-refractivity contribution is 9.10. The van der Waals surface area contributed by atoms with Gasteiger partial charge in [-0.25, -0.2) is 0 Å². The lowest BCUT2D eigenvalue weighted by Gasteiger charge is -2.20. The number of rotatable bonds is 5. The predicted molar refractivity (Wildman–Crippen MR) is 71.5 cm³/mol. The van der Waals surface area contributed by atoms with Gasteiger partial charge in [0.05, 0.1) is 0 Å². The van der Waals surface area contributed by atoms with Gasteiger partial charge < -0.3 is 10.2 Å². The lowest BCUT2D eigenvalue weighted by molar-refractivity contribution is -0.120. The van der Waals surface area contributed by atoms with E-state index in [0.717, 1.165) is 16.4 Å². The summed E-state index contributed by atoms with van der Waals surface area (Å²) < 4.78 is 0.907. The van der Waals surface area contributed by atoms with Crippen LogP contribution >= 0.6 is 15.9 Å². The Morgan fingerprint density at radius 2 is 2.24 bits per heavy atom. The number of nitrogens with zero attached hydrogens (tertiary/aromatic N) is 1. The molecule has 1 aromatic rings. The van der Waals surface area contributed by atoms with E-state index in [1.807, 2.05) is 24.1 Å². The molecule has 4 nitrogen and oxygen atoms in total. The zero-order valence-corrected chi connectivity index (χ0v) is 11.5. The maximum absolute atomic E-state index is 11.2. The number of aldehydes is 1. The third-order valence-corrected chi connectivity index (χ3v) is 2.98. The van der Waals surface area contributed by atoms with Crippen LogP contribution in [0.25, 0.3) is 0 Å². The monoisotopic (exact) mass is 298 g/mol. The van der Waals surface area contributed by atoms with Crippen LogP contribution in [0.3, 0.4) is 0 Å². The number of carbonyl (C=O) groups excluding carboxylic acids is 2. The van der Waals surface area contributed by atoms with E-state index < -0.39 is 0 Å². The van der Waals surface area contributed by atoms with Crippen LogP contribution in [0.2, 0.25) is 0 Å². The van der Waals surface area contributed by atoms with Gasteiger partial charge in [0.1, 0.15) is 0 Å². The summed E-state index contributed by atoms with van der Waals surface area (Å²) in [5.41, 5.74) is 1.44. The Labute approximate surface area is 109 Å². The minimum Gasteiger partial charge on any atom is -0.373 e. The van der Waals surface area contributed by atoms with Crippen molar-refractivity contribution in [2.45, 2.75) is 6.42 Å². The predicted octanol–water partition coefficient (Wildman–Crippen LogP) is 1.83. The van der Waals surface area contributed by atoms with Crippen LogP contribution in [0.5, 0.6) is 0 Å². The summed E-state index contributed by atoms with van der Waals surface area (Å²) in [5, 5.41) is 2.57. The Balaban J connectivity index is 2.80. The molecule has 0 heterocycles. The Hall–Kier alpha value is -1.36. The van der Waals surface area contributed by atoms with Gasteiger partial charge in [0.2, 0.25) is 5.91 Å². The van der Waals surface area contributed by atoms with Crippen LogP contribution in [0.15, 0.2) is 22.7 Å². The van der Waals surface area contributed by atoms with Crippen molar-refractivity contribution in [2.75, 3.05) is 25.5 Å².